The fraction of sp³-hybridized carbons (Fsp3) is 0.500. The molecule has 1 aromatic carbocycles. The topological polar surface area (TPSA) is 49.8 Å². The Kier molecular flexibility index (Phi) is 4.37. The molecule has 1 aromatic rings. The molecular formula is C14H18FNO3. The van der Waals surface area contributed by atoms with Crippen LogP contribution in [-0.4, -0.2) is 30.8 Å². The number of hydrogen-bond donors (Lipinski definition) is 1. The predicted octanol–water partition coefficient (Wildman–Crippen LogP) is 2.02. The number of esters is 1. The fourth-order valence-electron chi connectivity index (χ4n) is 2.34. The number of halogens is 1. The summed E-state index contributed by atoms with van der Waals surface area (Å²) in [4.78, 5) is 13.7. The number of carbonyl (C=O) groups excluding carboxylic acids is 1. The molecule has 0 saturated carbocycles. The smallest absolute Gasteiger partial charge is 0.339 e. The molecule has 19 heavy (non-hydrogen) atoms. The van der Waals surface area contributed by atoms with E-state index in [2.05, 4.69) is 4.90 Å². The molecule has 0 amide bonds. The second-order valence-corrected chi connectivity index (χ2v) is 4.55. The number of aliphatic hydroxyl groups excluding tert-OH is 1. The molecule has 0 aliphatic carbocycles. The Labute approximate surface area is 111 Å². The highest BCUT2D eigenvalue weighted by atomic mass is 19.1. The summed E-state index contributed by atoms with van der Waals surface area (Å²) in [5.74, 6) is -1.21. The Bertz CT molecular complexity index is 458. The maximum Gasteiger partial charge on any atom is 0.339 e. The number of aliphatic hydroxyl groups is 1. The molecular weight excluding hydrogens is 249 g/mol. The first-order chi connectivity index (χ1) is 9.13. The Balaban J connectivity index is 2.31. The van der Waals surface area contributed by atoms with E-state index < -0.39 is 17.9 Å². The molecule has 1 unspecified atom stereocenters. The van der Waals surface area contributed by atoms with Gasteiger partial charge in [0.15, 0.2) is 6.10 Å². The maximum atomic E-state index is 13.4. The van der Waals surface area contributed by atoms with Crippen LogP contribution in [0.15, 0.2) is 18.2 Å². The van der Waals surface area contributed by atoms with Gasteiger partial charge in [-0.15, -0.1) is 0 Å². The standard InChI is InChI=1S/C14H18FNO3/c1-2-19-14(18)13(17)11-9-10(15)5-6-12(11)16-7-3-4-8-16/h5-6,9,13,17H,2-4,7-8H2,1H3. The zero-order valence-corrected chi connectivity index (χ0v) is 10.9. The Morgan fingerprint density at radius 1 is 1.47 bits per heavy atom. The molecule has 5 heteroatoms. The van der Waals surface area contributed by atoms with Gasteiger partial charge in [-0.3, -0.25) is 0 Å². The minimum absolute atomic E-state index is 0.185. The lowest BCUT2D eigenvalue weighted by atomic mass is 10.1. The summed E-state index contributed by atoms with van der Waals surface area (Å²) in [6.07, 6.45) is 0.685. The summed E-state index contributed by atoms with van der Waals surface area (Å²) < 4.78 is 18.1. The maximum absolute atomic E-state index is 13.4. The van der Waals surface area contributed by atoms with Crippen molar-refractivity contribution in [1.82, 2.24) is 0 Å². The molecule has 1 saturated heterocycles. The van der Waals surface area contributed by atoms with Crippen molar-refractivity contribution in [2.75, 3.05) is 24.6 Å². The minimum Gasteiger partial charge on any atom is -0.464 e. The van der Waals surface area contributed by atoms with E-state index in [1.165, 1.54) is 12.1 Å². The second-order valence-electron chi connectivity index (χ2n) is 4.55. The van der Waals surface area contributed by atoms with Crippen molar-refractivity contribution in [3.8, 4) is 0 Å². The van der Waals surface area contributed by atoms with E-state index in [-0.39, 0.29) is 12.2 Å². The third-order valence-electron chi connectivity index (χ3n) is 3.24. The zero-order chi connectivity index (χ0) is 13.8. The van der Waals surface area contributed by atoms with E-state index in [1.807, 2.05) is 0 Å². The van der Waals surface area contributed by atoms with E-state index in [0.717, 1.165) is 25.9 Å². The van der Waals surface area contributed by atoms with Crippen LogP contribution in [-0.2, 0) is 9.53 Å². The number of ether oxygens (including phenoxy) is 1. The SMILES string of the molecule is CCOC(=O)C(O)c1cc(F)ccc1N1CCCC1. The van der Waals surface area contributed by atoms with Gasteiger partial charge in [0.2, 0.25) is 0 Å². The molecule has 1 aliphatic heterocycles. The van der Waals surface area contributed by atoms with Crippen LogP contribution in [0.4, 0.5) is 10.1 Å². The van der Waals surface area contributed by atoms with Gasteiger partial charge in [0.05, 0.1) is 6.61 Å². The van der Waals surface area contributed by atoms with Crippen LogP contribution in [0, 0.1) is 5.82 Å². The molecule has 1 atom stereocenters. The molecule has 0 aromatic heterocycles. The molecule has 4 nitrogen and oxygen atoms in total. The lowest BCUT2D eigenvalue weighted by molar-refractivity contribution is -0.153. The Hall–Kier alpha value is -1.62. The summed E-state index contributed by atoms with van der Waals surface area (Å²) >= 11 is 0. The molecule has 0 bridgehead atoms. The molecule has 1 N–H and O–H groups in total. The van der Waals surface area contributed by atoms with Gasteiger partial charge in [0.1, 0.15) is 5.82 Å². The first-order valence-electron chi connectivity index (χ1n) is 6.52. The van der Waals surface area contributed by atoms with Crippen LogP contribution < -0.4 is 4.90 Å². The van der Waals surface area contributed by atoms with Crippen LogP contribution in [0.3, 0.4) is 0 Å². The lowest BCUT2D eigenvalue weighted by Gasteiger charge is -2.23. The van der Waals surface area contributed by atoms with Crippen molar-refractivity contribution in [3.05, 3.63) is 29.6 Å². The molecule has 104 valence electrons. The molecule has 1 fully saturated rings. The predicted molar refractivity (Wildman–Crippen MR) is 69.4 cm³/mol. The largest absolute Gasteiger partial charge is 0.464 e. The average molecular weight is 267 g/mol. The van der Waals surface area contributed by atoms with Crippen molar-refractivity contribution in [3.63, 3.8) is 0 Å². The van der Waals surface area contributed by atoms with Gasteiger partial charge < -0.3 is 14.7 Å². The first-order valence-corrected chi connectivity index (χ1v) is 6.52. The quantitative estimate of drug-likeness (QED) is 0.848. The number of benzene rings is 1. The summed E-state index contributed by atoms with van der Waals surface area (Å²) in [7, 11) is 0. The minimum atomic E-state index is -1.44. The van der Waals surface area contributed by atoms with E-state index in [4.69, 9.17) is 4.74 Å². The number of nitrogens with zero attached hydrogens (tertiary/aromatic N) is 1. The normalized spacial score (nSPS) is 16.5. The highest BCUT2D eigenvalue weighted by molar-refractivity contribution is 5.79. The lowest BCUT2D eigenvalue weighted by Crippen LogP contribution is -2.23. The van der Waals surface area contributed by atoms with Gasteiger partial charge in [0, 0.05) is 24.3 Å². The van der Waals surface area contributed by atoms with Gasteiger partial charge in [-0.05, 0) is 38.0 Å². The van der Waals surface area contributed by atoms with Crippen molar-refractivity contribution in [2.24, 2.45) is 0 Å². The van der Waals surface area contributed by atoms with Gasteiger partial charge in [-0.25, -0.2) is 9.18 Å². The fourth-order valence-corrected chi connectivity index (χ4v) is 2.34. The average Bonchev–Trinajstić information content (AvgIpc) is 2.92. The third kappa shape index (κ3) is 3.04. The van der Waals surface area contributed by atoms with Crippen LogP contribution in [0.1, 0.15) is 31.4 Å². The van der Waals surface area contributed by atoms with Gasteiger partial charge >= 0.3 is 5.97 Å². The van der Waals surface area contributed by atoms with Gasteiger partial charge in [-0.1, -0.05) is 0 Å². The van der Waals surface area contributed by atoms with E-state index in [1.54, 1.807) is 13.0 Å². The summed E-state index contributed by atoms with van der Waals surface area (Å²) in [5.41, 5.74) is 0.986. The van der Waals surface area contributed by atoms with Crippen molar-refractivity contribution in [1.29, 1.82) is 0 Å². The van der Waals surface area contributed by atoms with Crippen molar-refractivity contribution < 1.29 is 19.0 Å². The van der Waals surface area contributed by atoms with Crippen molar-refractivity contribution in [2.45, 2.75) is 25.9 Å². The molecule has 1 aliphatic rings. The van der Waals surface area contributed by atoms with E-state index in [0.29, 0.717) is 5.69 Å². The first kappa shape index (κ1) is 13.8. The Morgan fingerprint density at radius 2 is 2.16 bits per heavy atom. The third-order valence-corrected chi connectivity index (χ3v) is 3.24. The summed E-state index contributed by atoms with van der Waals surface area (Å²) in [6, 6.07) is 4.16. The van der Waals surface area contributed by atoms with Crippen molar-refractivity contribution >= 4 is 11.7 Å². The Morgan fingerprint density at radius 3 is 2.79 bits per heavy atom. The highest BCUT2D eigenvalue weighted by Gasteiger charge is 2.25. The van der Waals surface area contributed by atoms with Crippen LogP contribution in [0.2, 0.25) is 0 Å². The highest BCUT2D eigenvalue weighted by Crippen LogP contribution is 2.30. The summed E-state index contributed by atoms with van der Waals surface area (Å²) in [5, 5.41) is 10.0. The van der Waals surface area contributed by atoms with Crippen LogP contribution in [0.25, 0.3) is 0 Å². The molecule has 0 spiro atoms. The monoisotopic (exact) mass is 267 g/mol. The molecule has 2 rings (SSSR count). The van der Waals surface area contributed by atoms with Crippen LogP contribution >= 0.6 is 0 Å². The number of rotatable bonds is 4. The van der Waals surface area contributed by atoms with Gasteiger partial charge in [0.25, 0.3) is 0 Å². The molecule has 0 radical (unpaired) electrons. The van der Waals surface area contributed by atoms with Gasteiger partial charge in [-0.2, -0.15) is 0 Å². The second kappa shape index (κ2) is 6.02. The number of anilines is 1. The van der Waals surface area contributed by atoms with E-state index in [9.17, 15) is 14.3 Å². The molecule has 1 heterocycles. The number of carbonyl (C=O) groups is 1. The van der Waals surface area contributed by atoms with Crippen LogP contribution in [0.5, 0.6) is 0 Å². The number of hydrogen-bond acceptors (Lipinski definition) is 4. The zero-order valence-electron chi connectivity index (χ0n) is 10.9. The van der Waals surface area contributed by atoms with E-state index >= 15 is 0 Å². The summed E-state index contributed by atoms with van der Waals surface area (Å²) in [6.45, 7) is 3.56.